The molecule has 1 saturated carbocycles. The number of carbonyl (C=O) groups is 2. The van der Waals surface area contributed by atoms with Gasteiger partial charge >= 0.3 is 5.97 Å². The number of anilines is 1. The molecule has 1 aliphatic carbocycles. The fraction of sp³-hybridized carbons (Fsp3) is 0.542. The Morgan fingerprint density at radius 1 is 1.10 bits per heavy atom. The number of aromatic nitrogens is 1. The van der Waals surface area contributed by atoms with Gasteiger partial charge in [-0.3, -0.25) is 9.78 Å². The number of hydrogen-bond donors (Lipinski definition) is 1. The Hall–Kier alpha value is -2.63. The number of carbonyl (C=O) groups excluding carboxylic acids is 2. The summed E-state index contributed by atoms with van der Waals surface area (Å²) in [6, 6.07) is 8.10. The Labute approximate surface area is 178 Å². The molecule has 1 saturated heterocycles. The van der Waals surface area contributed by atoms with Crippen molar-refractivity contribution in [3.8, 4) is 0 Å². The van der Waals surface area contributed by atoms with Gasteiger partial charge in [-0.25, -0.2) is 4.79 Å². The molecule has 1 aromatic heterocycles. The summed E-state index contributed by atoms with van der Waals surface area (Å²) in [4.78, 5) is 31.9. The van der Waals surface area contributed by atoms with Gasteiger partial charge in [-0.1, -0.05) is 37.5 Å². The molecule has 0 bridgehead atoms. The summed E-state index contributed by atoms with van der Waals surface area (Å²) in [5.41, 5.74) is 2.28. The van der Waals surface area contributed by atoms with Crippen molar-refractivity contribution in [2.24, 2.45) is 5.92 Å². The molecular formula is C24H31N3O3. The minimum atomic E-state index is -0.335. The standard InChI is InChI=1S/C24H31N3O3/c1-2-30-24(29)20-16-25-21-11-7-6-10-19(21)22(20)27-14-12-18(13-15-27)26-23(28)17-8-4-3-5-9-17/h6-7,10-11,16-18H,2-5,8-9,12-15H2,1H3,(H,26,28). The summed E-state index contributed by atoms with van der Waals surface area (Å²) in [6.07, 6.45) is 9.02. The fourth-order valence-corrected chi connectivity index (χ4v) is 4.76. The van der Waals surface area contributed by atoms with Crippen LogP contribution in [-0.2, 0) is 9.53 Å². The number of rotatable bonds is 5. The van der Waals surface area contributed by atoms with Gasteiger partial charge in [0.05, 0.1) is 17.8 Å². The van der Waals surface area contributed by atoms with Crippen molar-refractivity contribution >= 4 is 28.5 Å². The maximum absolute atomic E-state index is 12.6. The molecule has 6 nitrogen and oxygen atoms in total. The first-order valence-corrected chi connectivity index (χ1v) is 11.3. The summed E-state index contributed by atoms with van der Waals surface area (Å²) in [7, 11) is 0. The maximum atomic E-state index is 12.6. The van der Waals surface area contributed by atoms with Gasteiger partial charge in [0.2, 0.25) is 5.91 Å². The van der Waals surface area contributed by atoms with E-state index in [1.54, 1.807) is 6.20 Å². The lowest BCUT2D eigenvalue weighted by Crippen LogP contribution is -2.47. The van der Waals surface area contributed by atoms with Crippen LogP contribution in [0.1, 0.15) is 62.2 Å². The van der Waals surface area contributed by atoms with Gasteiger partial charge in [-0.2, -0.15) is 0 Å². The quantitative estimate of drug-likeness (QED) is 0.754. The highest BCUT2D eigenvalue weighted by atomic mass is 16.5. The predicted molar refractivity (Wildman–Crippen MR) is 118 cm³/mol. The fourth-order valence-electron chi connectivity index (χ4n) is 4.76. The molecule has 2 fully saturated rings. The van der Waals surface area contributed by atoms with Crippen molar-refractivity contribution in [3.63, 3.8) is 0 Å². The van der Waals surface area contributed by atoms with E-state index in [9.17, 15) is 9.59 Å². The number of benzene rings is 1. The second-order valence-electron chi connectivity index (χ2n) is 8.36. The third kappa shape index (κ3) is 4.42. The molecule has 0 atom stereocenters. The lowest BCUT2D eigenvalue weighted by molar-refractivity contribution is -0.126. The number of ether oxygens (including phenoxy) is 1. The van der Waals surface area contributed by atoms with E-state index < -0.39 is 0 Å². The third-order valence-corrected chi connectivity index (χ3v) is 6.38. The van der Waals surface area contributed by atoms with E-state index in [1.807, 2.05) is 31.2 Å². The number of fused-ring (bicyclic) bond motifs is 1. The number of hydrogen-bond acceptors (Lipinski definition) is 5. The predicted octanol–water partition coefficient (Wildman–Crippen LogP) is 4.08. The highest BCUT2D eigenvalue weighted by Crippen LogP contribution is 2.32. The molecule has 2 aromatic rings. The number of esters is 1. The summed E-state index contributed by atoms with van der Waals surface area (Å²) in [6.45, 7) is 3.72. The zero-order chi connectivity index (χ0) is 20.9. The van der Waals surface area contributed by atoms with Crippen LogP contribution >= 0.6 is 0 Å². The van der Waals surface area contributed by atoms with Crippen LogP contribution in [0.5, 0.6) is 0 Å². The van der Waals surface area contributed by atoms with E-state index in [0.717, 1.165) is 55.4 Å². The molecule has 0 unspecified atom stereocenters. The minimum Gasteiger partial charge on any atom is -0.462 e. The van der Waals surface area contributed by atoms with Crippen molar-refractivity contribution < 1.29 is 14.3 Å². The van der Waals surface area contributed by atoms with Gasteiger partial charge < -0.3 is 15.0 Å². The zero-order valence-corrected chi connectivity index (χ0v) is 17.7. The van der Waals surface area contributed by atoms with Crippen LogP contribution < -0.4 is 10.2 Å². The summed E-state index contributed by atoms with van der Waals surface area (Å²) < 4.78 is 5.29. The van der Waals surface area contributed by atoms with Crippen molar-refractivity contribution in [1.82, 2.24) is 10.3 Å². The second kappa shape index (κ2) is 9.45. The number of para-hydroxylation sites is 1. The molecule has 0 radical (unpaired) electrons. The molecule has 1 aromatic carbocycles. The van der Waals surface area contributed by atoms with Crippen LogP contribution in [0.25, 0.3) is 10.9 Å². The monoisotopic (exact) mass is 409 g/mol. The first-order chi connectivity index (χ1) is 14.7. The number of amides is 1. The van der Waals surface area contributed by atoms with Crippen LogP contribution in [-0.4, -0.2) is 42.6 Å². The Morgan fingerprint density at radius 2 is 1.83 bits per heavy atom. The third-order valence-electron chi connectivity index (χ3n) is 6.38. The molecule has 1 aliphatic heterocycles. The van der Waals surface area contributed by atoms with E-state index in [0.29, 0.717) is 12.2 Å². The molecule has 4 rings (SSSR count). The average molecular weight is 410 g/mol. The summed E-state index contributed by atoms with van der Waals surface area (Å²) in [5.74, 6) is 0.0875. The molecule has 2 aliphatic rings. The minimum absolute atomic E-state index is 0.191. The number of nitrogens with zero attached hydrogens (tertiary/aromatic N) is 2. The highest BCUT2D eigenvalue weighted by Gasteiger charge is 2.28. The molecule has 1 amide bonds. The number of nitrogens with one attached hydrogen (secondary N) is 1. The Bertz CT molecular complexity index is 900. The summed E-state index contributed by atoms with van der Waals surface area (Å²) >= 11 is 0. The Kier molecular flexibility index (Phi) is 6.50. The number of pyridine rings is 1. The largest absolute Gasteiger partial charge is 0.462 e. The zero-order valence-electron chi connectivity index (χ0n) is 17.7. The number of piperidine rings is 1. The van der Waals surface area contributed by atoms with E-state index in [-0.39, 0.29) is 23.8 Å². The first kappa shape index (κ1) is 20.6. The van der Waals surface area contributed by atoms with Crippen molar-refractivity contribution in [1.29, 1.82) is 0 Å². The molecule has 0 spiro atoms. The SMILES string of the molecule is CCOC(=O)c1cnc2ccccc2c1N1CCC(NC(=O)C2CCCCC2)CC1. The Morgan fingerprint density at radius 3 is 2.57 bits per heavy atom. The lowest BCUT2D eigenvalue weighted by Gasteiger charge is -2.36. The first-order valence-electron chi connectivity index (χ1n) is 11.3. The normalized spacial score (nSPS) is 18.4. The van der Waals surface area contributed by atoms with Crippen LogP contribution in [0.4, 0.5) is 5.69 Å². The second-order valence-corrected chi connectivity index (χ2v) is 8.36. The molecule has 2 heterocycles. The van der Waals surface area contributed by atoms with Crippen LogP contribution in [0.2, 0.25) is 0 Å². The maximum Gasteiger partial charge on any atom is 0.341 e. The topological polar surface area (TPSA) is 71.5 Å². The smallest absolute Gasteiger partial charge is 0.341 e. The van der Waals surface area contributed by atoms with Gasteiger partial charge in [0.15, 0.2) is 0 Å². The van der Waals surface area contributed by atoms with Gasteiger partial charge in [-0.15, -0.1) is 0 Å². The van der Waals surface area contributed by atoms with Crippen molar-refractivity contribution in [3.05, 3.63) is 36.0 Å². The van der Waals surface area contributed by atoms with Crippen molar-refractivity contribution in [2.75, 3.05) is 24.6 Å². The van der Waals surface area contributed by atoms with Crippen LogP contribution in [0.3, 0.4) is 0 Å². The highest BCUT2D eigenvalue weighted by molar-refractivity contribution is 6.05. The van der Waals surface area contributed by atoms with Crippen LogP contribution in [0, 0.1) is 5.92 Å². The molecule has 160 valence electrons. The Balaban J connectivity index is 1.49. The van der Waals surface area contributed by atoms with E-state index in [2.05, 4.69) is 15.2 Å². The van der Waals surface area contributed by atoms with Gasteiger partial charge in [-0.05, 0) is 38.7 Å². The van der Waals surface area contributed by atoms with Gasteiger partial charge in [0.25, 0.3) is 0 Å². The van der Waals surface area contributed by atoms with E-state index in [4.69, 9.17) is 4.74 Å². The lowest BCUT2D eigenvalue weighted by atomic mass is 9.88. The van der Waals surface area contributed by atoms with Crippen LogP contribution in [0.15, 0.2) is 30.5 Å². The molecule has 30 heavy (non-hydrogen) atoms. The summed E-state index contributed by atoms with van der Waals surface area (Å²) in [5, 5.41) is 4.25. The molecule has 6 heteroatoms. The van der Waals surface area contributed by atoms with E-state index >= 15 is 0 Å². The van der Waals surface area contributed by atoms with E-state index in [1.165, 1.54) is 19.3 Å². The van der Waals surface area contributed by atoms with Gasteiger partial charge in [0.1, 0.15) is 5.56 Å². The van der Waals surface area contributed by atoms with Crippen molar-refractivity contribution in [2.45, 2.75) is 57.9 Å². The molecular weight excluding hydrogens is 378 g/mol. The van der Waals surface area contributed by atoms with Gasteiger partial charge in [0, 0.05) is 36.6 Å². The average Bonchev–Trinajstić information content (AvgIpc) is 2.79. The molecule has 1 N–H and O–H groups in total.